The largest absolute Gasteiger partial charge is 0.353 e. The molecule has 1 aliphatic rings. The van der Waals surface area contributed by atoms with Crippen LogP contribution in [-0.4, -0.2) is 11.7 Å². The van der Waals surface area contributed by atoms with Gasteiger partial charge in [0.05, 0.1) is 34.2 Å². The van der Waals surface area contributed by atoms with Crippen molar-refractivity contribution in [2.24, 2.45) is 0 Å². The highest BCUT2D eigenvalue weighted by Crippen LogP contribution is 2.39. The molecule has 0 bridgehead atoms. The van der Waals surface area contributed by atoms with E-state index in [1.54, 1.807) is 23.1 Å². The van der Waals surface area contributed by atoms with Crippen LogP contribution in [0.25, 0.3) is 0 Å². The van der Waals surface area contributed by atoms with Crippen LogP contribution < -0.4 is 10.2 Å². The van der Waals surface area contributed by atoms with Crippen LogP contribution in [0.4, 0.5) is 17.1 Å². The molecule has 0 radical (unpaired) electrons. The smallest absolute Gasteiger partial charge is 0.299 e. The van der Waals surface area contributed by atoms with Gasteiger partial charge in [0.1, 0.15) is 0 Å². The molecule has 4 nitrogen and oxygen atoms in total. The zero-order valence-corrected chi connectivity index (χ0v) is 18.0. The number of fused-ring (bicyclic) bond motifs is 1. The van der Waals surface area contributed by atoms with E-state index in [0.717, 1.165) is 5.56 Å². The summed E-state index contributed by atoms with van der Waals surface area (Å²) < 4.78 is 0. The molecule has 0 fully saturated rings. The van der Waals surface area contributed by atoms with E-state index in [0.29, 0.717) is 34.2 Å². The molecule has 5 heteroatoms. The van der Waals surface area contributed by atoms with E-state index in [9.17, 15) is 9.59 Å². The maximum Gasteiger partial charge on any atom is 0.299 e. The molecule has 0 spiro atoms. The second-order valence-corrected chi connectivity index (χ2v) is 8.88. The normalized spacial score (nSPS) is 13.5. The van der Waals surface area contributed by atoms with E-state index in [2.05, 4.69) is 38.2 Å². The molecular weight excluding hydrogens is 396 g/mol. The van der Waals surface area contributed by atoms with Crippen molar-refractivity contribution in [3.05, 3.63) is 88.4 Å². The van der Waals surface area contributed by atoms with E-state index in [1.165, 1.54) is 5.56 Å². The Bertz CT molecular complexity index is 1130. The molecule has 0 aromatic heterocycles. The van der Waals surface area contributed by atoms with E-state index >= 15 is 0 Å². The van der Waals surface area contributed by atoms with Gasteiger partial charge in [-0.1, -0.05) is 74.8 Å². The van der Waals surface area contributed by atoms with Gasteiger partial charge in [0.25, 0.3) is 11.7 Å². The predicted molar refractivity (Wildman–Crippen MR) is 122 cm³/mol. The Morgan fingerprint density at radius 2 is 1.53 bits per heavy atom. The van der Waals surface area contributed by atoms with Gasteiger partial charge in [0, 0.05) is 0 Å². The second kappa shape index (κ2) is 7.62. The number of hydrogen-bond acceptors (Lipinski definition) is 3. The monoisotopic (exact) mass is 418 g/mol. The van der Waals surface area contributed by atoms with Crippen LogP contribution in [0.2, 0.25) is 5.02 Å². The summed E-state index contributed by atoms with van der Waals surface area (Å²) in [7, 11) is 0. The summed E-state index contributed by atoms with van der Waals surface area (Å²) in [5.74, 6) is -1.00. The molecule has 1 aliphatic heterocycles. The molecule has 3 aromatic rings. The molecule has 1 N–H and O–H groups in total. The Hall–Kier alpha value is -3.11. The van der Waals surface area contributed by atoms with E-state index in [-0.39, 0.29) is 5.41 Å². The van der Waals surface area contributed by atoms with Crippen molar-refractivity contribution in [1.82, 2.24) is 0 Å². The molecule has 0 saturated carbocycles. The first kappa shape index (κ1) is 20.2. The number of hydrogen-bond donors (Lipinski definition) is 1. The summed E-state index contributed by atoms with van der Waals surface area (Å²) >= 11 is 6.29. The van der Waals surface area contributed by atoms with Gasteiger partial charge in [-0.25, -0.2) is 0 Å². The molecule has 1 heterocycles. The van der Waals surface area contributed by atoms with Crippen molar-refractivity contribution in [1.29, 1.82) is 0 Å². The van der Waals surface area contributed by atoms with Gasteiger partial charge in [-0.3, -0.25) is 14.5 Å². The molecule has 0 atom stereocenters. The number of nitrogens with one attached hydrogen (secondary N) is 1. The molecule has 30 heavy (non-hydrogen) atoms. The van der Waals surface area contributed by atoms with Crippen molar-refractivity contribution < 1.29 is 9.59 Å². The number of nitrogens with zero attached hydrogens (tertiary/aromatic N) is 1. The quantitative estimate of drug-likeness (QED) is 0.520. The van der Waals surface area contributed by atoms with Crippen molar-refractivity contribution in [2.75, 3.05) is 10.2 Å². The van der Waals surface area contributed by atoms with Crippen LogP contribution in [0, 0.1) is 0 Å². The van der Waals surface area contributed by atoms with E-state index < -0.39 is 11.7 Å². The standard InChI is InChI=1S/C25H23ClN2O2/c1-25(2,3)17-13-11-16(12-14-17)15-28-22-18(23(29)24(28)30)7-6-10-21(22)27-20-9-5-4-8-19(20)26/h4-14,27H,15H2,1-3H3. The van der Waals surface area contributed by atoms with Crippen molar-refractivity contribution in [2.45, 2.75) is 32.7 Å². The van der Waals surface area contributed by atoms with E-state index in [4.69, 9.17) is 11.6 Å². The first-order valence-electron chi connectivity index (χ1n) is 9.86. The van der Waals surface area contributed by atoms with Gasteiger partial charge in [-0.15, -0.1) is 0 Å². The van der Waals surface area contributed by atoms with Gasteiger partial charge in [-0.05, 0) is 40.8 Å². The zero-order chi connectivity index (χ0) is 21.5. The molecule has 0 aliphatic carbocycles. The SMILES string of the molecule is CC(C)(C)c1ccc(CN2C(=O)C(=O)c3cccc(Nc4ccccc4Cl)c32)cc1. The minimum atomic E-state index is -0.515. The first-order chi connectivity index (χ1) is 14.3. The highest BCUT2D eigenvalue weighted by molar-refractivity contribution is 6.53. The van der Waals surface area contributed by atoms with Gasteiger partial charge < -0.3 is 5.32 Å². The van der Waals surface area contributed by atoms with Gasteiger partial charge in [0.2, 0.25) is 0 Å². The zero-order valence-electron chi connectivity index (χ0n) is 17.2. The maximum absolute atomic E-state index is 12.8. The summed E-state index contributed by atoms with van der Waals surface area (Å²) in [6.45, 7) is 6.80. The van der Waals surface area contributed by atoms with Gasteiger partial charge in [-0.2, -0.15) is 0 Å². The predicted octanol–water partition coefficient (Wildman–Crippen LogP) is 6.11. The summed E-state index contributed by atoms with van der Waals surface area (Å²) in [6.07, 6.45) is 0. The summed E-state index contributed by atoms with van der Waals surface area (Å²) in [6, 6.07) is 20.9. The van der Waals surface area contributed by atoms with E-state index in [1.807, 2.05) is 36.4 Å². The van der Waals surface area contributed by atoms with Gasteiger partial charge in [0.15, 0.2) is 0 Å². The number of carbonyl (C=O) groups excluding carboxylic acids is 2. The Kier molecular flexibility index (Phi) is 5.12. The number of carbonyl (C=O) groups is 2. The maximum atomic E-state index is 12.8. The highest BCUT2D eigenvalue weighted by atomic mass is 35.5. The Labute approximate surface area is 181 Å². The van der Waals surface area contributed by atoms with Crippen molar-refractivity contribution >= 4 is 40.4 Å². The molecular formula is C25H23ClN2O2. The molecule has 0 unspecified atom stereocenters. The van der Waals surface area contributed by atoms with Crippen molar-refractivity contribution in [3.8, 4) is 0 Å². The van der Waals surface area contributed by atoms with Crippen LogP contribution in [0.15, 0.2) is 66.7 Å². The first-order valence-corrected chi connectivity index (χ1v) is 10.2. The van der Waals surface area contributed by atoms with Crippen LogP contribution in [0.5, 0.6) is 0 Å². The summed E-state index contributed by atoms with van der Waals surface area (Å²) in [5, 5.41) is 3.85. The number of rotatable bonds is 4. The minimum absolute atomic E-state index is 0.0522. The Morgan fingerprint density at radius 1 is 0.867 bits per heavy atom. The molecule has 0 saturated heterocycles. The van der Waals surface area contributed by atoms with Crippen LogP contribution in [0.3, 0.4) is 0 Å². The molecule has 4 rings (SSSR count). The number of halogens is 1. The lowest BCUT2D eigenvalue weighted by atomic mass is 9.87. The highest BCUT2D eigenvalue weighted by Gasteiger charge is 2.37. The van der Waals surface area contributed by atoms with Gasteiger partial charge >= 0.3 is 0 Å². The Morgan fingerprint density at radius 3 is 2.20 bits per heavy atom. The third kappa shape index (κ3) is 3.71. The van der Waals surface area contributed by atoms with Crippen molar-refractivity contribution in [3.63, 3.8) is 0 Å². The number of Topliss-reactive ketones (excluding diaryl/α,β-unsaturated/α-hetero) is 1. The van der Waals surface area contributed by atoms with Crippen LogP contribution in [-0.2, 0) is 16.8 Å². The average Bonchev–Trinajstić information content (AvgIpc) is 2.95. The molecule has 152 valence electrons. The summed E-state index contributed by atoms with van der Waals surface area (Å²) in [4.78, 5) is 26.9. The van der Waals surface area contributed by atoms with Crippen LogP contribution >= 0.6 is 11.6 Å². The fourth-order valence-corrected chi connectivity index (χ4v) is 3.79. The topological polar surface area (TPSA) is 49.4 Å². The average molecular weight is 419 g/mol. The number of amides is 1. The lowest BCUT2D eigenvalue weighted by Gasteiger charge is -2.22. The third-order valence-corrected chi connectivity index (χ3v) is 5.62. The lowest BCUT2D eigenvalue weighted by molar-refractivity contribution is -0.114. The fraction of sp³-hybridized carbons (Fsp3) is 0.200. The lowest BCUT2D eigenvalue weighted by Crippen LogP contribution is -2.29. The third-order valence-electron chi connectivity index (χ3n) is 5.29. The van der Waals surface area contributed by atoms with Crippen LogP contribution in [0.1, 0.15) is 42.3 Å². The number of benzene rings is 3. The Balaban J connectivity index is 1.69. The second-order valence-electron chi connectivity index (χ2n) is 8.47. The number of ketones is 1. The number of para-hydroxylation sites is 2. The minimum Gasteiger partial charge on any atom is -0.353 e. The number of anilines is 3. The molecule has 1 amide bonds. The fourth-order valence-electron chi connectivity index (χ4n) is 3.61. The molecule has 3 aromatic carbocycles. The summed E-state index contributed by atoms with van der Waals surface area (Å²) in [5.41, 5.74) is 4.62.